The Balaban J connectivity index is 2.57. The van der Waals surface area contributed by atoms with Gasteiger partial charge < -0.3 is 21.7 Å². The van der Waals surface area contributed by atoms with E-state index in [1.807, 2.05) is 19.1 Å². The second kappa shape index (κ2) is 8.52. The molecule has 0 aromatic heterocycles. The number of aryl methyl sites for hydroxylation is 1. The van der Waals surface area contributed by atoms with Gasteiger partial charge in [0, 0.05) is 10.2 Å². The van der Waals surface area contributed by atoms with Gasteiger partial charge in [-0.1, -0.05) is 29.8 Å². The maximum atomic E-state index is 12.0. The number of hydrogen-bond acceptors (Lipinski definition) is 3. The summed E-state index contributed by atoms with van der Waals surface area (Å²) in [6.45, 7) is 5.21. The number of urea groups is 1. The summed E-state index contributed by atoms with van der Waals surface area (Å²) in [4.78, 5) is 34.9. The molecule has 7 nitrogen and oxygen atoms in total. The summed E-state index contributed by atoms with van der Waals surface area (Å²) in [7, 11) is 0. The Bertz CT molecular complexity index is 604. The van der Waals surface area contributed by atoms with E-state index in [2.05, 4.69) is 31.9 Å². The third kappa shape index (κ3) is 6.27. The second-order valence-electron chi connectivity index (χ2n) is 5.46. The Labute approximate surface area is 143 Å². The molecule has 0 aliphatic carbocycles. The summed E-state index contributed by atoms with van der Waals surface area (Å²) in [6.07, 6.45) is 0. The monoisotopic (exact) mass is 384 g/mol. The first-order valence-electron chi connectivity index (χ1n) is 7.10. The van der Waals surface area contributed by atoms with Gasteiger partial charge in [0.15, 0.2) is 0 Å². The number of primary amides is 1. The van der Waals surface area contributed by atoms with Crippen LogP contribution in [0.4, 0.5) is 10.5 Å². The molecule has 0 spiro atoms. The fourth-order valence-corrected chi connectivity index (χ4v) is 2.40. The van der Waals surface area contributed by atoms with Gasteiger partial charge in [0.05, 0.1) is 6.54 Å². The second-order valence-corrected chi connectivity index (χ2v) is 6.37. The van der Waals surface area contributed by atoms with Gasteiger partial charge in [0.2, 0.25) is 11.8 Å². The van der Waals surface area contributed by atoms with Crippen molar-refractivity contribution in [2.24, 2.45) is 11.7 Å². The van der Waals surface area contributed by atoms with Crippen LogP contribution in [0.3, 0.4) is 0 Å². The van der Waals surface area contributed by atoms with Gasteiger partial charge in [-0.05, 0) is 36.6 Å². The van der Waals surface area contributed by atoms with Crippen LogP contribution in [0.1, 0.15) is 19.4 Å². The molecule has 8 heteroatoms. The zero-order chi connectivity index (χ0) is 17.6. The first kappa shape index (κ1) is 19.0. The van der Waals surface area contributed by atoms with Gasteiger partial charge in [0.25, 0.3) is 0 Å². The van der Waals surface area contributed by atoms with Crippen LogP contribution in [0.25, 0.3) is 0 Å². The van der Waals surface area contributed by atoms with Crippen LogP contribution in [-0.4, -0.2) is 30.4 Å². The van der Waals surface area contributed by atoms with Crippen molar-refractivity contribution in [1.29, 1.82) is 0 Å². The molecule has 1 rings (SSSR count). The Hall–Kier alpha value is -2.09. The number of benzene rings is 1. The molecule has 0 aliphatic rings. The van der Waals surface area contributed by atoms with Gasteiger partial charge in [-0.2, -0.15) is 0 Å². The average molecular weight is 385 g/mol. The summed E-state index contributed by atoms with van der Waals surface area (Å²) < 4.78 is 0.915. The highest BCUT2D eigenvalue weighted by atomic mass is 79.9. The number of nitrogens with two attached hydrogens (primary N) is 1. The molecule has 1 atom stereocenters. The van der Waals surface area contributed by atoms with Crippen LogP contribution in [0, 0.1) is 12.8 Å². The van der Waals surface area contributed by atoms with E-state index in [1.54, 1.807) is 19.9 Å². The quantitative estimate of drug-likeness (QED) is 0.595. The number of rotatable bonds is 6. The number of nitrogens with one attached hydrogen (secondary N) is 3. The summed E-state index contributed by atoms with van der Waals surface area (Å²) in [5.41, 5.74) is 6.61. The molecule has 4 amide bonds. The van der Waals surface area contributed by atoms with E-state index in [9.17, 15) is 14.4 Å². The number of amides is 4. The molecule has 0 unspecified atom stereocenters. The molecule has 0 heterocycles. The van der Waals surface area contributed by atoms with Gasteiger partial charge in [-0.3, -0.25) is 9.59 Å². The van der Waals surface area contributed by atoms with E-state index in [1.165, 1.54) is 0 Å². The number of carbonyl (C=O) groups is 3. The van der Waals surface area contributed by atoms with Crippen LogP contribution >= 0.6 is 15.9 Å². The molecule has 1 aromatic carbocycles. The molecule has 23 heavy (non-hydrogen) atoms. The van der Waals surface area contributed by atoms with E-state index in [4.69, 9.17) is 5.73 Å². The lowest BCUT2D eigenvalue weighted by Crippen LogP contribution is -2.52. The average Bonchev–Trinajstić information content (AvgIpc) is 2.44. The number of halogens is 1. The van der Waals surface area contributed by atoms with E-state index in [-0.39, 0.29) is 18.4 Å². The van der Waals surface area contributed by atoms with Crippen molar-refractivity contribution in [2.45, 2.75) is 26.8 Å². The Morgan fingerprint density at radius 1 is 1.26 bits per heavy atom. The maximum Gasteiger partial charge on any atom is 0.312 e. The van der Waals surface area contributed by atoms with Crippen molar-refractivity contribution >= 4 is 39.5 Å². The van der Waals surface area contributed by atoms with Crippen molar-refractivity contribution in [3.05, 3.63) is 28.2 Å². The zero-order valence-corrected chi connectivity index (χ0v) is 14.9. The SMILES string of the molecule is Cc1cc(Br)ccc1NC(=O)CNC(=O)[C@H](NC(N)=O)C(C)C. The van der Waals surface area contributed by atoms with Gasteiger partial charge in [-0.25, -0.2) is 4.79 Å². The van der Waals surface area contributed by atoms with Crippen molar-refractivity contribution < 1.29 is 14.4 Å². The summed E-state index contributed by atoms with van der Waals surface area (Å²) in [6, 6.07) is 3.89. The highest BCUT2D eigenvalue weighted by Crippen LogP contribution is 2.19. The van der Waals surface area contributed by atoms with Crippen LogP contribution in [0.2, 0.25) is 0 Å². The van der Waals surface area contributed by atoms with E-state index in [0.717, 1.165) is 10.0 Å². The first-order valence-corrected chi connectivity index (χ1v) is 7.89. The van der Waals surface area contributed by atoms with E-state index >= 15 is 0 Å². The smallest absolute Gasteiger partial charge is 0.312 e. The molecule has 0 fully saturated rings. The predicted molar refractivity (Wildman–Crippen MR) is 91.9 cm³/mol. The Morgan fingerprint density at radius 3 is 2.43 bits per heavy atom. The predicted octanol–water partition coefficient (Wildman–Crippen LogP) is 1.51. The van der Waals surface area contributed by atoms with Gasteiger partial charge in [0.1, 0.15) is 6.04 Å². The largest absolute Gasteiger partial charge is 0.352 e. The molecule has 126 valence electrons. The molecule has 0 radical (unpaired) electrons. The minimum absolute atomic E-state index is 0.153. The highest BCUT2D eigenvalue weighted by molar-refractivity contribution is 9.10. The highest BCUT2D eigenvalue weighted by Gasteiger charge is 2.23. The van der Waals surface area contributed by atoms with E-state index in [0.29, 0.717) is 5.69 Å². The molecular formula is C15H21BrN4O3. The molecule has 0 aliphatic heterocycles. The summed E-state index contributed by atoms with van der Waals surface area (Å²) in [5.74, 6) is -0.967. The molecule has 0 saturated carbocycles. The topological polar surface area (TPSA) is 113 Å². The van der Waals surface area contributed by atoms with Crippen molar-refractivity contribution in [1.82, 2.24) is 10.6 Å². The third-order valence-corrected chi connectivity index (χ3v) is 3.63. The van der Waals surface area contributed by atoms with E-state index < -0.39 is 18.0 Å². The minimum atomic E-state index is -0.784. The molecule has 0 saturated heterocycles. The molecule has 5 N–H and O–H groups in total. The van der Waals surface area contributed by atoms with Crippen molar-refractivity contribution in [2.75, 3.05) is 11.9 Å². The van der Waals surface area contributed by atoms with Gasteiger partial charge in [-0.15, -0.1) is 0 Å². The van der Waals surface area contributed by atoms with Crippen LogP contribution < -0.4 is 21.7 Å². The summed E-state index contributed by atoms with van der Waals surface area (Å²) >= 11 is 3.35. The third-order valence-electron chi connectivity index (χ3n) is 3.13. The molecular weight excluding hydrogens is 364 g/mol. The Morgan fingerprint density at radius 2 is 1.91 bits per heavy atom. The van der Waals surface area contributed by atoms with Gasteiger partial charge >= 0.3 is 6.03 Å². The van der Waals surface area contributed by atoms with Crippen LogP contribution in [-0.2, 0) is 9.59 Å². The van der Waals surface area contributed by atoms with Crippen LogP contribution in [0.15, 0.2) is 22.7 Å². The zero-order valence-electron chi connectivity index (χ0n) is 13.3. The normalized spacial score (nSPS) is 11.7. The Kier molecular flexibility index (Phi) is 7.02. The van der Waals surface area contributed by atoms with Crippen molar-refractivity contribution in [3.8, 4) is 0 Å². The number of anilines is 1. The number of carbonyl (C=O) groups excluding carboxylic acids is 3. The molecule has 1 aromatic rings. The first-order chi connectivity index (χ1) is 10.7. The lowest BCUT2D eigenvalue weighted by molar-refractivity contribution is -0.126. The minimum Gasteiger partial charge on any atom is -0.352 e. The van der Waals surface area contributed by atoms with Crippen molar-refractivity contribution in [3.63, 3.8) is 0 Å². The lowest BCUT2D eigenvalue weighted by atomic mass is 10.0. The summed E-state index contributed by atoms with van der Waals surface area (Å²) in [5, 5.41) is 7.56. The molecule has 0 bridgehead atoms. The maximum absolute atomic E-state index is 12.0. The number of hydrogen-bond donors (Lipinski definition) is 4. The van der Waals surface area contributed by atoms with Crippen LogP contribution in [0.5, 0.6) is 0 Å². The standard InChI is InChI=1S/C15H21BrN4O3/c1-8(2)13(20-15(17)23)14(22)18-7-12(21)19-11-5-4-10(16)6-9(11)3/h4-6,8,13H,7H2,1-3H3,(H,18,22)(H,19,21)(H3,17,20,23)/t13-/m1/s1. The lowest BCUT2D eigenvalue weighted by Gasteiger charge is -2.20. The fraction of sp³-hybridized carbons (Fsp3) is 0.400. The fourth-order valence-electron chi connectivity index (χ4n) is 1.93.